The molecule has 5 amide bonds. The lowest BCUT2D eigenvalue weighted by Crippen LogP contribution is -2.40. The Hall–Kier alpha value is -2.12. The van der Waals surface area contributed by atoms with E-state index < -0.39 is 0 Å². The molecule has 0 atom stereocenters. The molecule has 19 heavy (non-hydrogen) atoms. The van der Waals surface area contributed by atoms with E-state index in [1.165, 1.54) is 16.7 Å². The summed E-state index contributed by atoms with van der Waals surface area (Å²) < 4.78 is 0. The molecule has 1 fully saturated rings. The summed E-state index contributed by atoms with van der Waals surface area (Å²) in [4.78, 5) is 47.3. The Balaban J connectivity index is 2.17. The highest BCUT2D eigenvalue weighted by molar-refractivity contribution is 6.01. The van der Waals surface area contributed by atoms with Gasteiger partial charge in [0.1, 0.15) is 6.54 Å². The highest BCUT2D eigenvalue weighted by Gasteiger charge is 2.32. The third kappa shape index (κ3) is 4.57. The van der Waals surface area contributed by atoms with Crippen LogP contribution in [0.3, 0.4) is 0 Å². The molecule has 1 saturated heterocycles. The summed E-state index contributed by atoms with van der Waals surface area (Å²) in [5.74, 6) is -0.855. The van der Waals surface area contributed by atoms with Crippen LogP contribution in [-0.4, -0.2) is 53.7 Å². The van der Waals surface area contributed by atoms with Crippen molar-refractivity contribution >= 4 is 23.8 Å². The second-order valence-corrected chi connectivity index (χ2v) is 4.37. The van der Waals surface area contributed by atoms with Crippen molar-refractivity contribution in [2.75, 3.05) is 20.1 Å². The van der Waals surface area contributed by atoms with Crippen molar-refractivity contribution in [1.29, 1.82) is 0 Å². The SMILES string of the molecule is CC(=O)NNC(=O)CCCCN1C(=O)CN(C)C1=O. The van der Waals surface area contributed by atoms with Gasteiger partial charge in [0.05, 0.1) is 0 Å². The Kier molecular flexibility index (Phi) is 5.28. The van der Waals surface area contributed by atoms with E-state index in [1.54, 1.807) is 7.05 Å². The van der Waals surface area contributed by atoms with Crippen LogP contribution in [-0.2, 0) is 14.4 Å². The van der Waals surface area contributed by atoms with E-state index in [9.17, 15) is 19.2 Å². The van der Waals surface area contributed by atoms with Crippen LogP contribution in [0.1, 0.15) is 26.2 Å². The lowest BCUT2D eigenvalue weighted by atomic mass is 10.2. The van der Waals surface area contributed by atoms with Crippen LogP contribution < -0.4 is 10.9 Å². The molecule has 0 aliphatic carbocycles. The second-order valence-electron chi connectivity index (χ2n) is 4.37. The van der Waals surface area contributed by atoms with Gasteiger partial charge in [-0.25, -0.2) is 4.79 Å². The quantitative estimate of drug-likeness (QED) is 0.389. The largest absolute Gasteiger partial charge is 0.326 e. The van der Waals surface area contributed by atoms with E-state index in [2.05, 4.69) is 10.9 Å². The van der Waals surface area contributed by atoms with Gasteiger partial charge in [0.2, 0.25) is 17.7 Å². The van der Waals surface area contributed by atoms with E-state index in [-0.39, 0.29) is 36.7 Å². The number of amides is 5. The molecular weight excluding hydrogens is 252 g/mol. The molecule has 8 heteroatoms. The number of hydrogen-bond acceptors (Lipinski definition) is 4. The number of nitrogens with one attached hydrogen (secondary N) is 2. The van der Waals surface area contributed by atoms with Gasteiger partial charge in [0, 0.05) is 26.9 Å². The molecule has 0 aromatic rings. The molecule has 1 heterocycles. The first-order valence-corrected chi connectivity index (χ1v) is 6.02. The Morgan fingerprint density at radius 1 is 1.21 bits per heavy atom. The van der Waals surface area contributed by atoms with E-state index in [1.807, 2.05) is 0 Å². The maximum absolute atomic E-state index is 11.5. The van der Waals surface area contributed by atoms with E-state index in [4.69, 9.17) is 0 Å². The van der Waals surface area contributed by atoms with Crippen molar-refractivity contribution in [3.05, 3.63) is 0 Å². The molecule has 0 aromatic heterocycles. The molecule has 1 aliphatic rings. The number of urea groups is 1. The van der Waals surface area contributed by atoms with Gasteiger partial charge in [-0.2, -0.15) is 0 Å². The van der Waals surface area contributed by atoms with Crippen molar-refractivity contribution in [3.8, 4) is 0 Å². The minimum Gasteiger partial charge on any atom is -0.318 e. The highest BCUT2D eigenvalue weighted by Crippen LogP contribution is 2.09. The number of likely N-dealkylation sites (N-methyl/N-ethyl adjacent to an activating group) is 1. The summed E-state index contributed by atoms with van der Waals surface area (Å²) in [6, 6.07) is -0.298. The zero-order valence-electron chi connectivity index (χ0n) is 11.1. The maximum atomic E-state index is 11.5. The number of hydrogen-bond donors (Lipinski definition) is 2. The first-order chi connectivity index (χ1) is 8.91. The molecule has 1 aliphatic heterocycles. The topological polar surface area (TPSA) is 98.8 Å². The van der Waals surface area contributed by atoms with Crippen LogP contribution in [0.2, 0.25) is 0 Å². The lowest BCUT2D eigenvalue weighted by molar-refractivity contribution is -0.128. The number of imide groups is 1. The molecule has 0 bridgehead atoms. The van der Waals surface area contributed by atoms with Gasteiger partial charge >= 0.3 is 6.03 Å². The van der Waals surface area contributed by atoms with Crippen molar-refractivity contribution in [2.45, 2.75) is 26.2 Å². The predicted molar refractivity (Wildman–Crippen MR) is 65.5 cm³/mol. The molecule has 0 saturated carbocycles. The summed E-state index contributed by atoms with van der Waals surface area (Å²) in [5.41, 5.74) is 4.42. The van der Waals surface area contributed by atoms with E-state index in [0.29, 0.717) is 19.4 Å². The fourth-order valence-electron chi connectivity index (χ4n) is 1.66. The van der Waals surface area contributed by atoms with Gasteiger partial charge in [-0.3, -0.25) is 30.1 Å². The Bertz CT molecular complexity index is 396. The average Bonchev–Trinajstić information content (AvgIpc) is 2.57. The molecule has 2 N–H and O–H groups in total. The first kappa shape index (κ1) is 14.9. The highest BCUT2D eigenvalue weighted by atomic mass is 16.2. The summed E-state index contributed by atoms with van der Waals surface area (Å²) in [6.45, 7) is 1.72. The summed E-state index contributed by atoms with van der Waals surface area (Å²) >= 11 is 0. The smallest absolute Gasteiger partial charge is 0.318 e. The van der Waals surface area contributed by atoms with Crippen molar-refractivity contribution in [3.63, 3.8) is 0 Å². The molecule has 106 valence electrons. The number of unbranched alkanes of at least 4 members (excludes halogenated alkanes) is 1. The third-order valence-electron chi connectivity index (χ3n) is 2.64. The van der Waals surface area contributed by atoms with Crippen molar-refractivity contribution in [1.82, 2.24) is 20.7 Å². The van der Waals surface area contributed by atoms with Crippen LogP contribution in [0.4, 0.5) is 4.79 Å². The fourth-order valence-corrected chi connectivity index (χ4v) is 1.66. The van der Waals surface area contributed by atoms with E-state index in [0.717, 1.165) is 0 Å². The first-order valence-electron chi connectivity index (χ1n) is 6.02. The Morgan fingerprint density at radius 3 is 2.42 bits per heavy atom. The van der Waals surface area contributed by atoms with Crippen LogP contribution in [0, 0.1) is 0 Å². The van der Waals surface area contributed by atoms with Crippen molar-refractivity contribution in [2.24, 2.45) is 0 Å². The number of hydrazine groups is 1. The fraction of sp³-hybridized carbons (Fsp3) is 0.636. The zero-order valence-corrected chi connectivity index (χ0v) is 11.1. The molecule has 0 aromatic carbocycles. The normalized spacial score (nSPS) is 14.8. The van der Waals surface area contributed by atoms with Gasteiger partial charge in [-0.05, 0) is 12.8 Å². The maximum Gasteiger partial charge on any atom is 0.326 e. The minimum absolute atomic E-state index is 0.113. The molecule has 8 nitrogen and oxygen atoms in total. The molecular formula is C11H18N4O4. The van der Waals surface area contributed by atoms with Gasteiger partial charge in [0.25, 0.3) is 0 Å². The molecule has 0 unspecified atom stereocenters. The number of rotatable bonds is 5. The second kappa shape index (κ2) is 6.72. The van der Waals surface area contributed by atoms with Crippen LogP contribution >= 0.6 is 0 Å². The number of carbonyl (C=O) groups excluding carboxylic acids is 4. The average molecular weight is 270 g/mol. The van der Waals surface area contributed by atoms with Gasteiger partial charge in [-0.1, -0.05) is 0 Å². The molecule has 0 radical (unpaired) electrons. The Labute approximate surface area is 111 Å². The van der Waals surface area contributed by atoms with Crippen molar-refractivity contribution < 1.29 is 19.2 Å². The van der Waals surface area contributed by atoms with E-state index >= 15 is 0 Å². The van der Waals surface area contributed by atoms with Gasteiger partial charge in [-0.15, -0.1) is 0 Å². The summed E-state index contributed by atoms with van der Waals surface area (Å²) in [6.07, 6.45) is 1.32. The van der Waals surface area contributed by atoms with Gasteiger partial charge in [0.15, 0.2) is 0 Å². The zero-order chi connectivity index (χ0) is 14.4. The predicted octanol–water partition coefficient (Wildman–Crippen LogP) is -0.782. The monoisotopic (exact) mass is 270 g/mol. The van der Waals surface area contributed by atoms with Crippen LogP contribution in [0.25, 0.3) is 0 Å². The van der Waals surface area contributed by atoms with Crippen LogP contribution in [0.5, 0.6) is 0 Å². The lowest BCUT2D eigenvalue weighted by Gasteiger charge is -2.13. The molecule has 0 spiro atoms. The third-order valence-corrected chi connectivity index (χ3v) is 2.64. The standard InChI is InChI=1S/C11H18N4O4/c1-8(16)12-13-9(17)5-3-4-6-15-10(18)7-14(2)11(15)19/h3-7H2,1-2H3,(H,12,16)(H,13,17). The summed E-state index contributed by atoms with van der Waals surface area (Å²) in [5, 5.41) is 0. The molecule has 1 rings (SSSR count). The number of nitrogens with zero attached hydrogens (tertiary/aromatic N) is 2. The Morgan fingerprint density at radius 2 is 1.89 bits per heavy atom. The van der Waals surface area contributed by atoms with Crippen LogP contribution in [0.15, 0.2) is 0 Å². The summed E-state index contributed by atoms with van der Waals surface area (Å²) in [7, 11) is 1.57. The van der Waals surface area contributed by atoms with Gasteiger partial charge < -0.3 is 4.90 Å². The number of carbonyl (C=O) groups is 4. The minimum atomic E-state index is -0.343.